The normalized spacial score (nSPS) is 14.8. The standard InChI is InChI=1S/C17H29ClFN/c1-6-8-11-14(5)16(15(19)7-2)17(18)20-12-9-10-13(3)4/h7,13H,6,8-12H2,1-5H3/b15-7+,16-14+,20-17?. The lowest BCUT2D eigenvalue weighted by Crippen LogP contribution is -2.02. The number of unbranched alkanes of at least 4 members (excludes halogenated alkanes) is 1. The number of rotatable bonds is 9. The van der Waals surface area contributed by atoms with E-state index >= 15 is 0 Å². The van der Waals surface area contributed by atoms with E-state index in [1.165, 1.54) is 6.08 Å². The van der Waals surface area contributed by atoms with E-state index in [1.807, 2.05) is 6.92 Å². The molecule has 0 rings (SSSR count). The van der Waals surface area contributed by atoms with Gasteiger partial charge in [0.15, 0.2) is 0 Å². The van der Waals surface area contributed by atoms with Crippen LogP contribution < -0.4 is 0 Å². The molecule has 0 aromatic carbocycles. The van der Waals surface area contributed by atoms with Crippen LogP contribution >= 0.6 is 11.6 Å². The summed E-state index contributed by atoms with van der Waals surface area (Å²) >= 11 is 6.22. The number of halogens is 2. The van der Waals surface area contributed by atoms with Crippen molar-refractivity contribution in [3.8, 4) is 0 Å². The fourth-order valence-corrected chi connectivity index (χ4v) is 2.28. The van der Waals surface area contributed by atoms with Crippen LogP contribution in [-0.2, 0) is 0 Å². The summed E-state index contributed by atoms with van der Waals surface area (Å²) in [5, 5.41) is 0.318. The van der Waals surface area contributed by atoms with Gasteiger partial charge >= 0.3 is 0 Å². The second-order valence-electron chi connectivity index (χ2n) is 5.60. The maximum Gasteiger partial charge on any atom is 0.133 e. The number of allylic oxidation sites excluding steroid dienone is 4. The molecule has 0 saturated carbocycles. The van der Waals surface area contributed by atoms with Crippen molar-refractivity contribution in [2.75, 3.05) is 6.54 Å². The van der Waals surface area contributed by atoms with E-state index in [0.29, 0.717) is 23.2 Å². The summed E-state index contributed by atoms with van der Waals surface area (Å²) in [5.41, 5.74) is 1.48. The van der Waals surface area contributed by atoms with Gasteiger partial charge in [0.1, 0.15) is 11.0 Å². The first-order valence-electron chi connectivity index (χ1n) is 7.66. The Hall–Kier alpha value is -0.630. The van der Waals surface area contributed by atoms with Crippen molar-refractivity contribution in [3.05, 3.63) is 23.0 Å². The molecule has 0 aromatic heterocycles. The molecule has 0 amide bonds. The summed E-state index contributed by atoms with van der Waals surface area (Å²) in [6.45, 7) is 10.8. The van der Waals surface area contributed by atoms with Crippen LogP contribution in [0.4, 0.5) is 4.39 Å². The molecule has 0 aliphatic heterocycles. The zero-order valence-electron chi connectivity index (χ0n) is 13.6. The summed E-state index contributed by atoms with van der Waals surface area (Å²) in [6.07, 6.45) is 6.57. The van der Waals surface area contributed by atoms with Gasteiger partial charge in [-0.05, 0) is 45.4 Å². The molecule has 0 saturated heterocycles. The summed E-state index contributed by atoms with van der Waals surface area (Å²) in [4.78, 5) is 4.34. The molecule has 20 heavy (non-hydrogen) atoms. The van der Waals surface area contributed by atoms with E-state index in [4.69, 9.17) is 11.6 Å². The van der Waals surface area contributed by atoms with Crippen LogP contribution in [0.3, 0.4) is 0 Å². The van der Waals surface area contributed by atoms with Crippen LogP contribution in [0, 0.1) is 5.92 Å². The van der Waals surface area contributed by atoms with Gasteiger partial charge in [0.05, 0.1) is 0 Å². The molecule has 0 heterocycles. The zero-order valence-corrected chi connectivity index (χ0v) is 14.4. The first-order chi connectivity index (χ1) is 9.43. The minimum Gasteiger partial charge on any atom is -0.273 e. The molecule has 0 aromatic rings. The molecule has 116 valence electrons. The molecule has 0 spiro atoms. The number of hydrogen-bond donors (Lipinski definition) is 0. The van der Waals surface area contributed by atoms with Gasteiger partial charge in [0.25, 0.3) is 0 Å². The summed E-state index contributed by atoms with van der Waals surface area (Å²) in [6, 6.07) is 0. The van der Waals surface area contributed by atoms with Crippen LogP contribution in [0.2, 0.25) is 0 Å². The molecule has 0 aliphatic rings. The van der Waals surface area contributed by atoms with Gasteiger partial charge in [-0.2, -0.15) is 0 Å². The Balaban J connectivity index is 4.90. The Kier molecular flexibility index (Phi) is 10.7. The van der Waals surface area contributed by atoms with Crippen LogP contribution in [0.15, 0.2) is 28.0 Å². The topological polar surface area (TPSA) is 12.4 Å². The van der Waals surface area contributed by atoms with Gasteiger partial charge < -0.3 is 0 Å². The minimum absolute atomic E-state index is 0.267. The lowest BCUT2D eigenvalue weighted by Gasteiger charge is -2.09. The predicted octanol–water partition coefficient (Wildman–Crippen LogP) is 6.44. The van der Waals surface area contributed by atoms with Crippen LogP contribution in [0.5, 0.6) is 0 Å². The Morgan fingerprint density at radius 1 is 1.30 bits per heavy atom. The second kappa shape index (κ2) is 11.1. The molecule has 0 fully saturated rings. The highest BCUT2D eigenvalue weighted by Crippen LogP contribution is 2.24. The van der Waals surface area contributed by atoms with E-state index in [-0.39, 0.29) is 5.83 Å². The van der Waals surface area contributed by atoms with Gasteiger partial charge in [0.2, 0.25) is 0 Å². The Bertz CT molecular complexity index is 367. The van der Waals surface area contributed by atoms with Crippen molar-refractivity contribution in [2.24, 2.45) is 10.9 Å². The minimum atomic E-state index is -0.267. The van der Waals surface area contributed by atoms with Crippen molar-refractivity contribution in [1.82, 2.24) is 0 Å². The number of nitrogens with zero attached hydrogens (tertiary/aromatic N) is 1. The molecular formula is C17H29ClFN. The van der Waals surface area contributed by atoms with Crippen molar-refractivity contribution >= 4 is 16.8 Å². The maximum absolute atomic E-state index is 14.0. The first-order valence-corrected chi connectivity index (χ1v) is 8.04. The molecule has 0 radical (unpaired) electrons. The quantitative estimate of drug-likeness (QED) is 0.264. The van der Waals surface area contributed by atoms with Crippen LogP contribution in [-0.4, -0.2) is 11.7 Å². The second-order valence-corrected chi connectivity index (χ2v) is 5.96. The van der Waals surface area contributed by atoms with Crippen LogP contribution in [0.25, 0.3) is 0 Å². The Morgan fingerprint density at radius 2 is 1.95 bits per heavy atom. The molecule has 0 unspecified atom stereocenters. The van der Waals surface area contributed by atoms with Crippen molar-refractivity contribution in [3.63, 3.8) is 0 Å². The van der Waals surface area contributed by atoms with E-state index < -0.39 is 0 Å². The van der Waals surface area contributed by atoms with Crippen molar-refractivity contribution in [2.45, 2.75) is 66.7 Å². The maximum atomic E-state index is 14.0. The third-order valence-electron chi connectivity index (χ3n) is 3.22. The highest BCUT2D eigenvalue weighted by atomic mass is 35.5. The molecule has 3 heteroatoms. The molecule has 0 atom stereocenters. The fourth-order valence-electron chi connectivity index (χ4n) is 1.95. The number of aliphatic imine (C=N–C) groups is 1. The highest BCUT2D eigenvalue weighted by Gasteiger charge is 2.13. The third kappa shape index (κ3) is 7.84. The molecular weight excluding hydrogens is 273 g/mol. The number of hydrogen-bond acceptors (Lipinski definition) is 1. The SMILES string of the molecule is C/C=C(F)\C(C(Cl)=NCCCC(C)C)=C(\C)CCCC. The van der Waals surface area contributed by atoms with E-state index in [2.05, 4.69) is 25.8 Å². The summed E-state index contributed by atoms with van der Waals surface area (Å²) in [7, 11) is 0. The first kappa shape index (κ1) is 19.4. The molecule has 1 nitrogen and oxygen atoms in total. The third-order valence-corrected chi connectivity index (χ3v) is 3.53. The van der Waals surface area contributed by atoms with Crippen molar-refractivity contribution < 1.29 is 4.39 Å². The van der Waals surface area contributed by atoms with Crippen LogP contribution in [0.1, 0.15) is 66.7 Å². The lowest BCUT2D eigenvalue weighted by molar-refractivity contribution is 0.562. The van der Waals surface area contributed by atoms with Gasteiger partial charge in [0, 0.05) is 12.1 Å². The molecule has 0 aliphatic carbocycles. The highest BCUT2D eigenvalue weighted by molar-refractivity contribution is 6.70. The summed E-state index contributed by atoms with van der Waals surface area (Å²) in [5.74, 6) is 0.397. The molecule has 0 bridgehead atoms. The van der Waals surface area contributed by atoms with Gasteiger partial charge in [-0.3, -0.25) is 4.99 Å². The van der Waals surface area contributed by atoms with Gasteiger partial charge in [-0.1, -0.05) is 50.4 Å². The zero-order chi connectivity index (χ0) is 15.5. The Labute approximate surface area is 129 Å². The fraction of sp³-hybridized carbons (Fsp3) is 0.706. The van der Waals surface area contributed by atoms with Crippen molar-refractivity contribution in [1.29, 1.82) is 0 Å². The predicted molar refractivity (Wildman–Crippen MR) is 89.3 cm³/mol. The van der Waals surface area contributed by atoms with E-state index in [1.54, 1.807) is 6.92 Å². The average Bonchev–Trinajstić information content (AvgIpc) is 2.41. The lowest BCUT2D eigenvalue weighted by atomic mass is 10.0. The largest absolute Gasteiger partial charge is 0.273 e. The smallest absolute Gasteiger partial charge is 0.133 e. The average molecular weight is 302 g/mol. The molecule has 0 N–H and O–H groups in total. The van der Waals surface area contributed by atoms with E-state index in [9.17, 15) is 4.39 Å². The summed E-state index contributed by atoms with van der Waals surface area (Å²) < 4.78 is 14.0. The van der Waals surface area contributed by atoms with Gasteiger partial charge in [-0.15, -0.1) is 0 Å². The van der Waals surface area contributed by atoms with Gasteiger partial charge in [-0.25, -0.2) is 4.39 Å². The monoisotopic (exact) mass is 301 g/mol. The van der Waals surface area contributed by atoms with E-state index in [0.717, 1.165) is 37.7 Å². The Morgan fingerprint density at radius 3 is 2.45 bits per heavy atom.